The first-order valence-electron chi connectivity index (χ1n) is 6.31. The second-order valence-corrected chi connectivity index (χ2v) is 4.26. The predicted molar refractivity (Wildman–Crippen MR) is 76.2 cm³/mol. The summed E-state index contributed by atoms with van der Waals surface area (Å²) in [4.78, 5) is 0. The van der Waals surface area contributed by atoms with Gasteiger partial charge in [0.25, 0.3) is 0 Å². The molecule has 0 heterocycles. The summed E-state index contributed by atoms with van der Waals surface area (Å²) in [5.41, 5.74) is 1.77. The van der Waals surface area contributed by atoms with Crippen LogP contribution in [-0.4, -0.2) is 19.3 Å². The van der Waals surface area contributed by atoms with E-state index in [4.69, 9.17) is 14.2 Å². The summed E-state index contributed by atoms with van der Waals surface area (Å²) in [6.45, 7) is 0.345. The molecule has 0 aliphatic heterocycles. The van der Waals surface area contributed by atoms with Crippen molar-refractivity contribution in [3.8, 4) is 17.2 Å². The second-order valence-electron chi connectivity index (χ2n) is 4.26. The maximum atomic E-state index is 9.22. The molecule has 20 heavy (non-hydrogen) atoms. The highest BCUT2D eigenvalue weighted by Gasteiger charge is 2.14. The van der Waals surface area contributed by atoms with Gasteiger partial charge in [-0.2, -0.15) is 0 Å². The molecule has 0 aliphatic rings. The average molecular weight is 274 g/mol. The van der Waals surface area contributed by atoms with Gasteiger partial charge < -0.3 is 19.3 Å². The predicted octanol–water partition coefficient (Wildman–Crippen LogP) is 2.78. The van der Waals surface area contributed by atoms with Gasteiger partial charge in [-0.05, 0) is 23.3 Å². The molecule has 0 saturated carbocycles. The van der Waals surface area contributed by atoms with Gasteiger partial charge in [-0.3, -0.25) is 0 Å². The molecule has 4 heteroatoms. The highest BCUT2D eigenvalue weighted by atomic mass is 16.5. The van der Waals surface area contributed by atoms with Crippen LogP contribution in [0.4, 0.5) is 0 Å². The van der Waals surface area contributed by atoms with Crippen molar-refractivity contribution in [3.63, 3.8) is 0 Å². The molecule has 0 spiro atoms. The number of rotatable bonds is 6. The molecule has 0 fully saturated rings. The number of methoxy groups -OCH3 is 2. The largest absolute Gasteiger partial charge is 0.493 e. The average Bonchev–Trinajstić information content (AvgIpc) is 2.52. The monoisotopic (exact) mass is 274 g/mol. The zero-order valence-corrected chi connectivity index (χ0v) is 11.6. The zero-order valence-electron chi connectivity index (χ0n) is 11.6. The van der Waals surface area contributed by atoms with Crippen LogP contribution >= 0.6 is 0 Å². The molecule has 2 aromatic rings. The lowest BCUT2D eigenvalue weighted by Crippen LogP contribution is -2.01. The van der Waals surface area contributed by atoms with Crippen molar-refractivity contribution in [1.29, 1.82) is 0 Å². The summed E-state index contributed by atoms with van der Waals surface area (Å²) >= 11 is 0. The quantitative estimate of drug-likeness (QED) is 0.880. The van der Waals surface area contributed by atoms with Gasteiger partial charge in [-0.15, -0.1) is 0 Å². The fourth-order valence-corrected chi connectivity index (χ4v) is 1.90. The summed E-state index contributed by atoms with van der Waals surface area (Å²) in [6.07, 6.45) is 0. The molecule has 4 nitrogen and oxygen atoms in total. The minimum atomic E-state index is -0.0777. The lowest BCUT2D eigenvalue weighted by molar-refractivity contribution is 0.260. The molecule has 1 N–H and O–H groups in total. The molecular weight excluding hydrogens is 256 g/mol. The Hall–Kier alpha value is -2.20. The lowest BCUT2D eigenvalue weighted by atomic mass is 10.2. The van der Waals surface area contributed by atoms with Crippen LogP contribution in [-0.2, 0) is 13.2 Å². The molecule has 0 aromatic heterocycles. The first-order valence-corrected chi connectivity index (χ1v) is 6.31. The normalized spacial score (nSPS) is 10.2. The fraction of sp³-hybridized carbons (Fsp3) is 0.250. The molecule has 0 radical (unpaired) electrons. The maximum absolute atomic E-state index is 9.22. The van der Waals surface area contributed by atoms with E-state index in [0.717, 1.165) is 5.56 Å². The van der Waals surface area contributed by atoms with Crippen molar-refractivity contribution >= 4 is 0 Å². The van der Waals surface area contributed by atoms with E-state index >= 15 is 0 Å². The standard InChI is InChI=1S/C16H18O4/c1-18-14-8-13(10-17)9-15(19-2)16(14)20-11-12-6-4-3-5-7-12/h3-9,17H,10-11H2,1-2H3. The van der Waals surface area contributed by atoms with Crippen molar-refractivity contribution in [3.05, 3.63) is 53.6 Å². The highest BCUT2D eigenvalue weighted by molar-refractivity contribution is 5.53. The Morgan fingerprint density at radius 1 is 0.900 bits per heavy atom. The van der Waals surface area contributed by atoms with Gasteiger partial charge in [0.2, 0.25) is 5.75 Å². The van der Waals surface area contributed by atoms with Crippen molar-refractivity contribution in [2.45, 2.75) is 13.2 Å². The van der Waals surface area contributed by atoms with E-state index in [-0.39, 0.29) is 6.61 Å². The van der Waals surface area contributed by atoms with Gasteiger partial charge in [0.05, 0.1) is 20.8 Å². The molecule has 0 atom stereocenters. The van der Waals surface area contributed by atoms with E-state index in [9.17, 15) is 5.11 Å². The Bertz CT molecular complexity index is 527. The van der Waals surface area contributed by atoms with Crippen LogP contribution in [0, 0.1) is 0 Å². The number of aliphatic hydroxyl groups is 1. The van der Waals surface area contributed by atoms with Crippen LogP contribution < -0.4 is 14.2 Å². The van der Waals surface area contributed by atoms with E-state index < -0.39 is 0 Å². The van der Waals surface area contributed by atoms with Crippen LogP contribution in [0.1, 0.15) is 11.1 Å². The van der Waals surface area contributed by atoms with Gasteiger partial charge >= 0.3 is 0 Å². The van der Waals surface area contributed by atoms with Crippen LogP contribution in [0.5, 0.6) is 17.2 Å². The summed E-state index contributed by atoms with van der Waals surface area (Å²) in [6, 6.07) is 13.3. The first-order chi connectivity index (χ1) is 9.78. The van der Waals surface area contributed by atoms with Gasteiger partial charge in [0.1, 0.15) is 6.61 Å². The molecule has 2 aromatic carbocycles. The molecule has 0 bridgehead atoms. The first kappa shape index (κ1) is 14.2. The Balaban J connectivity index is 2.25. The molecule has 0 unspecified atom stereocenters. The smallest absolute Gasteiger partial charge is 0.203 e. The van der Waals surface area contributed by atoms with Crippen LogP contribution in [0.15, 0.2) is 42.5 Å². The van der Waals surface area contributed by atoms with E-state index in [1.54, 1.807) is 26.4 Å². The molecule has 2 rings (SSSR count). The number of ether oxygens (including phenoxy) is 3. The Labute approximate surface area is 118 Å². The Morgan fingerprint density at radius 2 is 1.50 bits per heavy atom. The van der Waals surface area contributed by atoms with E-state index in [0.29, 0.717) is 29.4 Å². The van der Waals surface area contributed by atoms with Crippen LogP contribution in [0.2, 0.25) is 0 Å². The zero-order chi connectivity index (χ0) is 14.4. The number of hydrogen-bond acceptors (Lipinski definition) is 4. The van der Waals surface area contributed by atoms with E-state index in [1.165, 1.54) is 0 Å². The maximum Gasteiger partial charge on any atom is 0.203 e. The third-order valence-electron chi connectivity index (χ3n) is 2.93. The number of benzene rings is 2. The Kier molecular flexibility index (Phi) is 4.85. The summed E-state index contributed by atoms with van der Waals surface area (Å²) < 4.78 is 16.4. The minimum absolute atomic E-state index is 0.0777. The van der Waals surface area contributed by atoms with Crippen molar-refractivity contribution in [2.24, 2.45) is 0 Å². The van der Waals surface area contributed by atoms with Gasteiger partial charge in [0.15, 0.2) is 11.5 Å². The van der Waals surface area contributed by atoms with E-state index in [2.05, 4.69) is 0 Å². The molecule has 0 saturated heterocycles. The fourth-order valence-electron chi connectivity index (χ4n) is 1.90. The summed E-state index contributed by atoms with van der Waals surface area (Å²) in [7, 11) is 3.12. The van der Waals surface area contributed by atoms with Crippen molar-refractivity contribution in [1.82, 2.24) is 0 Å². The van der Waals surface area contributed by atoms with Gasteiger partial charge in [0, 0.05) is 0 Å². The second kappa shape index (κ2) is 6.82. The molecular formula is C16H18O4. The third kappa shape index (κ3) is 3.22. The van der Waals surface area contributed by atoms with Gasteiger partial charge in [-0.1, -0.05) is 30.3 Å². The van der Waals surface area contributed by atoms with Crippen LogP contribution in [0.25, 0.3) is 0 Å². The Morgan fingerprint density at radius 3 is 2.00 bits per heavy atom. The van der Waals surface area contributed by atoms with Crippen molar-refractivity contribution < 1.29 is 19.3 Å². The topological polar surface area (TPSA) is 47.9 Å². The molecule has 0 amide bonds. The van der Waals surface area contributed by atoms with Crippen LogP contribution in [0.3, 0.4) is 0 Å². The third-order valence-corrected chi connectivity index (χ3v) is 2.93. The summed E-state index contributed by atoms with van der Waals surface area (Å²) in [5, 5.41) is 9.22. The van der Waals surface area contributed by atoms with E-state index in [1.807, 2.05) is 30.3 Å². The minimum Gasteiger partial charge on any atom is -0.493 e. The number of hydrogen-bond donors (Lipinski definition) is 1. The molecule has 106 valence electrons. The summed E-state index contributed by atoms with van der Waals surface area (Å²) in [5.74, 6) is 1.63. The molecule has 0 aliphatic carbocycles. The highest BCUT2D eigenvalue weighted by Crippen LogP contribution is 2.39. The lowest BCUT2D eigenvalue weighted by Gasteiger charge is -2.15. The van der Waals surface area contributed by atoms with Gasteiger partial charge in [-0.25, -0.2) is 0 Å². The SMILES string of the molecule is COc1cc(CO)cc(OC)c1OCc1ccccc1. The number of aliphatic hydroxyl groups excluding tert-OH is 1. The van der Waals surface area contributed by atoms with Crippen molar-refractivity contribution in [2.75, 3.05) is 14.2 Å².